The van der Waals surface area contributed by atoms with E-state index >= 15 is 0 Å². The number of rotatable bonds is 4. The highest BCUT2D eigenvalue weighted by Crippen LogP contribution is 2.42. The fourth-order valence-corrected chi connectivity index (χ4v) is 4.29. The van der Waals surface area contributed by atoms with Crippen LogP contribution in [0.2, 0.25) is 0 Å². The molecule has 3 rings (SSSR count). The highest BCUT2D eigenvalue weighted by Gasteiger charge is 2.29. The van der Waals surface area contributed by atoms with Gasteiger partial charge in [-0.1, -0.05) is 20.3 Å². The Morgan fingerprint density at radius 3 is 2.78 bits per heavy atom. The summed E-state index contributed by atoms with van der Waals surface area (Å²) in [7, 11) is 0. The minimum atomic E-state index is 0.583. The quantitative estimate of drug-likeness (QED) is 0.894. The normalized spacial score (nSPS) is 24.1. The van der Waals surface area contributed by atoms with E-state index in [0.717, 1.165) is 12.5 Å². The Morgan fingerprint density at radius 1 is 1.28 bits per heavy atom. The molecule has 0 amide bonds. The zero-order valence-corrected chi connectivity index (χ0v) is 12.4. The second-order valence-corrected chi connectivity index (χ2v) is 7.26. The minimum Gasteiger partial charge on any atom is -0.314 e. The van der Waals surface area contributed by atoms with Gasteiger partial charge in [0, 0.05) is 29.3 Å². The summed E-state index contributed by atoms with van der Waals surface area (Å²) in [4.78, 5) is 6.61. The van der Waals surface area contributed by atoms with Crippen LogP contribution in [-0.4, -0.2) is 17.6 Å². The minimum absolute atomic E-state index is 0.583. The number of fused-ring (bicyclic) bond motifs is 1. The van der Waals surface area contributed by atoms with Crippen molar-refractivity contribution in [1.82, 2.24) is 10.3 Å². The molecule has 1 saturated carbocycles. The Bertz CT molecular complexity index is 407. The first kappa shape index (κ1) is 12.6. The van der Waals surface area contributed by atoms with Gasteiger partial charge in [0.1, 0.15) is 0 Å². The van der Waals surface area contributed by atoms with Crippen molar-refractivity contribution in [3.8, 4) is 0 Å². The maximum absolute atomic E-state index is 5.01. The fraction of sp³-hybridized carbons (Fsp3) is 0.800. The van der Waals surface area contributed by atoms with Crippen molar-refractivity contribution >= 4 is 11.3 Å². The van der Waals surface area contributed by atoms with Crippen molar-refractivity contribution in [3.63, 3.8) is 0 Å². The van der Waals surface area contributed by atoms with E-state index in [1.165, 1.54) is 49.2 Å². The molecule has 3 heteroatoms. The van der Waals surface area contributed by atoms with Crippen LogP contribution in [-0.2, 0) is 6.42 Å². The van der Waals surface area contributed by atoms with E-state index in [1.54, 1.807) is 4.88 Å². The molecule has 0 saturated heterocycles. The fourth-order valence-electron chi connectivity index (χ4n) is 2.93. The van der Waals surface area contributed by atoms with E-state index in [1.807, 2.05) is 11.3 Å². The number of nitrogens with zero attached hydrogens (tertiary/aromatic N) is 1. The first-order valence-electron chi connectivity index (χ1n) is 7.47. The maximum atomic E-state index is 5.01. The van der Waals surface area contributed by atoms with Crippen LogP contribution in [0.5, 0.6) is 0 Å². The summed E-state index contributed by atoms with van der Waals surface area (Å²) in [5, 5.41) is 5.03. The van der Waals surface area contributed by atoms with Gasteiger partial charge in [-0.25, -0.2) is 4.98 Å². The molecular formula is C15H24N2S. The summed E-state index contributed by atoms with van der Waals surface area (Å²) in [6, 6.07) is 0.583. The predicted octanol–water partition coefficient (Wildman–Crippen LogP) is 3.83. The van der Waals surface area contributed by atoms with Gasteiger partial charge in [0.05, 0.1) is 10.7 Å². The SMILES string of the molecule is CC(C)NCC1CCCc2sc(C3CCC3)nc21. The maximum Gasteiger partial charge on any atom is 0.0962 e. The first-order chi connectivity index (χ1) is 8.74. The van der Waals surface area contributed by atoms with Crippen LogP contribution in [0, 0.1) is 0 Å². The number of nitrogens with one attached hydrogen (secondary N) is 1. The summed E-state index contributed by atoms with van der Waals surface area (Å²) in [6.07, 6.45) is 8.11. The zero-order chi connectivity index (χ0) is 12.5. The summed E-state index contributed by atoms with van der Waals surface area (Å²) in [5.74, 6) is 1.47. The van der Waals surface area contributed by atoms with Crippen LogP contribution in [0.4, 0.5) is 0 Å². The Kier molecular flexibility index (Phi) is 3.71. The predicted molar refractivity (Wildman–Crippen MR) is 77.5 cm³/mol. The van der Waals surface area contributed by atoms with Gasteiger partial charge < -0.3 is 5.32 Å². The Labute approximate surface area is 114 Å². The Morgan fingerprint density at radius 2 is 2.11 bits per heavy atom. The third-order valence-corrected chi connectivity index (χ3v) is 5.61. The Hall–Kier alpha value is -0.410. The largest absolute Gasteiger partial charge is 0.314 e. The molecule has 2 aliphatic rings. The second kappa shape index (κ2) is 5.30. The molecule has 1 unspecified atom stereocenters. The second-order valence-electron chi connectivity index (χ2n) is 6.14. The van der Waals surface area contributed by atoms with Crippen molar-refractivity contribution < 1.29 is 0 Å². The van der Waals surface area contributed by atoms with Crippen molar-refractivity contribution in [2.45, 2.75) is 70.3 Å². The molecule has 1 aromatic heterocycles. The molecule has 0 aliphatic heterocycles. The van der Waals surface area contributed by atoms with Crippen LogP contribution in [0.15, 0.2) is 0 Å². The van der Waals surface area contributed by atoms with E-state index < -0.39 is 0 Å². The lowest BCUT2D eigenvalue weighted by Gasteiger charge is -2.23. The zero-order valence-electron chi connectivity index (χ0n) is 11.5. The van der Waals surface area contributed by atoms with Crippen molar-refractivity contribution in [1.29, 1.82) is 0 Å². The summed E-state index contributed by atoms with van der Waals surface area (Å²) in [5.41, 5.74) is 1.45. The molecule has 0 bridgehead atoms. The van der Waals surface area contributed by atoms with Gasteiger partial charge in [-0.2, -0.15) is 0 Å². The molecule has 18 heavy (non-hydrogen) atoms. The average Bonchev–Trinajstić information content (AvgIpc) is 2.67. The number of thiazole rings is 1. The molecule has 100 valence electrons. The highest BCUT2D eigenvalue weighted by atomic mass is 32.1. The molecule has 1 heterocycles. The van der Waals surface area contributed by atoms with Gasteiger partial charge in [-0.3, -0.25) is 0 Å². The summed E-state index contributed by atoms with van der Waals surface area (Å²) in [6.45, 7) is 5.56. The molecule has 1 atom stereocenters. The van der Waals surface area contributed by atoms with E-state index in [4.69, 9.17) is 4.98 Å². The van der Waals surface area contributed by atoms with Gasteiger partial charge in [-0.05, 0) is 32.1 Å². The lowest BCUT2D eigenvalue weighted by molar-refractivity contribution is 0.415. The monoisotopic (exact) mass is 264 g/mol. The van der Waals surface area contributed by atoms with Crippen LogP contribution in [0.25, 0.3) is 0 Å². The van der Waals surface area contributed by atoms with Crippen molar-refractivity contribution in [3.05, 3.63) is 15.6 Å². The molecule has 2 nitrogen and oxygen atoms in total. The third kappa shape index (κ3) is 2.48. The number of hydrogen-bond donors (Lipinski definition) is 1. The van der Waals surface area contributed by atoms with Gasteiger partial charge >= 0.3 is 0 Å². The summed E-state index contributed by atoms with van der Waals surface area (Å²) < 4.78 is 0. The first-order valence-corrected chi connectivity index (χ1v) is 8.28. The van der Waals surface area contributed by atoms with Crippen LogP contribution in [0.1, 0.15) is 73.4 Å². The van der Waals surface area contributed by atoms with Crippen LogP contribution >= 0.6 is 11.3 Å². The van der Waals surface area contributed by atoms with Crippen LogP contribution in [0.3, 0.4) is 0 Å². The molecule has 1 aromatic rings. The molecule has 0 spiro atoms. The molecule has 1 N–H and O–H groups in total. The van der Waals surface area contributed by atoms with Gasteiger partial charge in [0.2, 0.25) is 0 Å². The van der Waals surface area contributed by atoms with E-state index in [2.05, 4.69) is 19.2 Å². The van der Waals surface area contributed by atoms with Crippen LogP contribution < -0.4 is 5.32 Å². The third-order valence-electron chi connectivity index (χ3n) is 4.31. The molecule has 0 aromatic carbocycles. The Balaban J connectivity index is 1.74. The highest BCUT2D eigenvalue weighted by molar-refractivity contribution is 7.11. The van der Waals surface area contributed by atoms with E-state index in [0.29, 0.717) is 12.0 Å². The smallest absolute Gasteiger partial charge is 0.0962 e. The van der Waals surface area contributed by atoms with Gasteiger partial charge in [0.15, 0.2) is 0 Å². The molecular weight excluding hydrogens is 240 g/mol. The average molecular weight is 264 g/mol. The number of aromatic nitrogens is 1. The number of hydrogen-bond acceptors (Lipinski definition) is 3. The molecule has 1 fully saturated rings. The van der Waals surface area contributed by atoms with Crippen molar-refractivity contribution in [2.75, 3.05) is 6.54 Å². The summed E-state index contributed by atoms with van der Waals surface area (Å²) >= 11 is 2.02. The van der Waals surface area contributed by atoms with E-state index in [-0.39, 0.29) is 0 Å². The molecule has 2 aliphatic carbocycles. The van der Waals surface area contributed by atoms with Gasteiger partial charge in [-0.15, -0.1) is 11.3 Å². The van der Waals surface area contributed by atoms with E-state index in [9.17, 15) is 0 Å². The standard InChI is InChI=1S/C15H24N2S/c1-10(2)16-9-12-7-4-8-13-14(12)17-15(18-13)11-5-3-6-11/h10-12,16H,3-9H2,1-2H3. The van der Waals surface area contributed by atoms with Crippen molar-refractivity contribution in [2.24, 2.45) is 0 Å². The lowest BCUT2D eigenvalue weighted by atomic mass is 9.86. The lowest BCUT2D eigenvalue weighted by Crippen LogP contribution is -2.29. The van der Waals surface area contributed by atoms with Gasteiger partial charge in [0.25, 0.3) is 0 Å². The topological polar surface area (TPSA) is 24.9 Å². The molecule has 0 radical (unpaired) electrons. The number of aryl methyl sites for hydroxylation is 1.